The maximum Gasteiger partial charge on any atom is 0.351 e. The molecule has 0 spiro atoms. The lowest BCUT2D eigenvalue weighted by atomic mass is 10.2. The van der Waals surface area contributed by atoms with Gasteiger partial charge < -0.3 is 19.6 Å². The smallest absolute Gasteiger partial charge is 0.351 e. The highest BCUT2D eigenvalue weighted by atomic mass is 127. The SMILES string of the molecule is C=CCO[C@@H]1C[C@H](n2cc(I)c(N)nc2=O)O[C@@H]1CO[Si](C)(C)C(C)(C)C. The molecule has 1 aromatic heterocycles. The van der Waals surface area contributed by atoms with Gasteiger partial charge in [0.1, 0.15) is 18.1 Å². The van der Waals surface area contributed by atoms with Crippen LogP contribution >= 0.6 is 22.6 Å². The van der Waals surface area contributed by atoms with Crippen molar-refractivity contribution in [3.63, 3.8) is 0 Å². The van der Waals surface area contributed by atoms with E-state index in [2.05, 4.69) is 68.0 Å². The van der Waals surface area contributed by atoms with Gasteiger partial charge in [-0.3, -0.25) is 4.57 Å². The van der Waals surface area contributed by atoms with Crippen LogP contribution in [0.15, 0.2) is 23.6 Å². The molecular formula is C18H30IN3O4Si. The van der Waals surface area contributed by atoms with Gasteiger partial charge in [-0.05, 0) is 40.7 Å². The molecule has 0 unspecified atom stereocenters. The van der Waals surface area contributed by atoms with Gasteiger partial charge in [0, 0.05) is 12.6 Å². The van der Waals surface area contributed by atoms with Gasteiger partial charge >= 0.3 is 5.69 Å². The Hall–Kier alpha value is -0.753. The quantitative estimate of drug-likeness (QED) is 0.346. The van der Waals surface area contributed by atoms with Gasteiger partial charge in [-0.1, -0.05) is 26.8 Å². The zero-order valence-corrected chi connectivity index (χ0v) is 19.9. The van der Waals surface area contributed by atoms with E-state index in [-0.39, 0.29) is 23.1 Å². The lowest BCUT2D eigenvalue weighted by Crippen LogP contribution is -2.44. The Kier molecular flexibility index (Phi) is 7.28. The van der Waals surface area contributed by atoms with Crippen LogP contribution in [-0.2, 0) is 13.9 Å². The zero-order valence-electron chi connectivity index (χ0n) is 16.7. The molecule has 2 rings (SSSR count). The van der Waals surface area contributed by atoms with Crippen LogP contribution in [0.1, 0.15) is 33.4 Å². The molecule has 1 aliphatic rings. The van der Waals surface area contributed by atoms with E-state index in [1.54, 1.807) is 12.3 Å². The largest absolute Gasteiger partial charge is 0.414 e. The van der Waals surface area contributed by atoms with E-state index in [0.29, 0.717) is 23.2 Å². The summed E-state index contributed by atoms with van der Waals surface area (Å²) in [5.74, 6) is 0.229. The maximum atomic E-state index is 12.3. The molecule has 2 heterocycles. The first-order valence-electron chi connectivity index (χ1n) is 9.02. The van der Waals surface area contributed by atoms with Crippen LogP contribution in [0.25, 0.3) is 0 Å². The van der Waals surface area contributed by atoms with Gasteiger partial charge in [0.05, 0.1) is 22.9 Å². The molecule has 1 saturated heterocycles. The predicted molar refractivity (Wildman–Crippen MR) is 117 cm³/mol. The van der Waals surface area contributed by atoms with Gasteiger partial charge in [-0.25, -0.2) is 4.79 Å². The molecular weight excluding hydrogens is 477 g/mol. The number of nitrogens with two attached hydrogens (primary N) is 1. The van der Waals surface area contributed by atoms with E-state index in [9.17, 15) is 4.79 Å². The monoisotopic (exact) mass is 507 g/mol. The fourth-order valence-corrected chi connectivity index (χ4v) is 3.99. The molecule has 0 aliphatic carbocycles. The Balaban J connectivity index is 2.17. The van der Waals surface area contributed by atoms with Gasteiger partial charge in [0.25, 0.3) is 0 Å². The van der Waals surface area contributed by atoms with Crippen LogP contribution in [0.4, 0.5) is 5.82 Å². The number of nitrogen functional groups attached to an aromatic ring is 1. The number of ether oxygens (including phenoxy) is 2. The first-order valence-corrected chi connectivity index (χ1v) is 13.0. The minimum atomic E-state index is -1.92. The van der Waals surface area contributed by atoms with E-state index in [0.717, 1.165) is 0 Å². The van der Waals surface area contributed by atoms with Crippen LogP contribution in [0.2, 0.25) is 18.1 Å². The van der Waals surface area contributed by atoms with Crippen molar-refractivity contribution in [2.75, 3.05) is 18.9 Å². The second-order valence-corrected chi connectivity index (χ2v) is 14.2. The van der Waals surface area contributed by atoms with Crippen LogP contribution in [-0.4, -0.2) is 43.3 Å². The van der Waals surface area contributed by atoms with Gasteiger partial charge in [-0.15, -0.1) is 6.58 Å². The summed E-state index contributed by atoms with van der Waals surface area (Å²) in [7, 11) is -1.92. The third-order valence-corrected chi connectivity index (χ3v) is 10.6. The summed E-state index contributed by atoms with van der Waals surface area (Å²) in [6.45, 7) is 15.6. The van der Waals surface area contributed by atoms with Crippen LogP contribution in [0, 0.1) is 3.57 Å². The second kappa shape index (κ2) is 8.72. The van der Waals surface area contributed by atoms with Crippen molar-refractivity contribution < 1.29 is 13.9 Å². The highest BCUT2D eigenvalue weighted by Crippen LogP contribution is 2.38. The Morgan fingerprint density at radius 3 is 2.78 bits per heavy atom. The lowest BCUT2D eigenvalue weighted by Gasteiger charge is -2.37. The molecule has 152 valence electrons. The van der Waals surface area contributed by atoms with Crippen molar-refractivity contribution in [1.82, 2.24) is 9.55 Å². The van der Waals surface area contributed by atoms with Crippen molar-refractivity contribution in [2.45, 2.75) is 63.8 Å². The van der Waals surface area contributed by atoms with Crippen molar-refractivity contribution in [3.05, 3.63) is 32.9 Å². The van der Waals surface area contributed by atoms with E-state index in [1.807, 2.05) is 0 Å². The number of nitrogens with zero attached hydrogens (tertiary/aromatic N) is 2. The Bertz CT molecular complexity index is 732. The van der Waals surface area contributed by atoms with Gasteiger partial charge in [0.2, 0.25) is 0 Å². The summed E-state index contributed by atoms with van der Waals surface area (Å²) in [6.07, 6.45) is 3.03. The molecule has 9 heteroatoms. The summed E-state index contributed by atoms with van der Waals surface area (Å²) >= 11 is 2.06. The minimum absolute atomic E-state index is 0.108. The molecule has 7 nitrogen and oxygen atoms in total. The molecule has 1 fully saturated rings. The zero-order chi connectivity index (χ0) is 20.4. The number of aromatic nitrogens is 2. The molecule has 3 atom stereocenters. The number of rotatable bonds is 7. The van der Waals surface area contributed by atoms with Crippen molar-refractivity contribution >= 4 is 36.7 Å². The van der Waals surface area contributed by atoms with Crippen LogP contribution < -0.4 is 11.4 Å². The topological polar surface area (TPSA) is 88.6 Å². The number of halogens is 1. The second-order valence-electron chi connectivity index (χ2n) is 8.26. The van der Waals surface area contributed by atoms with E-state index in [4.69, 9.17) is 19.6 Å². The Morgan fingerprint density at radius 1 is 1.52 bits per heavy atom. The standard InChI is InChI=1S/C18H30IN3O4Si/c1-7-8-24-13-9-15(22-10-12(19)16(20)21-17(22)23)26-14(13)11-25-27(5,6)18(2,3)4/h7,10,13-15H,1,8-9,11H2,2-6H3,(H2,20,21,23)/t13-,14-,15-/m1/s1. The molecule has 0 amide bonds. The van der Waals surface area contributed by atoms with Crippen molar-refractivity contribution in [1.29, 1.82) is 0 Å². The van der Waals surface area contributed by atoms with Crippen LogP contribution in [0.5, 0.6) is 0 Å². The third-order valence-electron chi connectivity index (χ3n) is 5.27. The molecule has 2 N–H and O–H groups in total. The predicted octanol–water partition coefficient (Wildman–Crippen LogP) is 3.31. The molecule has 27 heavy (non-hydrogen) atoms. The van der Waals surface area contributed by atoms with Crippen molar-refractivity contribution in [3.8, 4) is 0 Å². The minimum Gasteiger partial charge on any atom is -0.414 e. The van der Waals surface area contributed by atoms with Crippen LogP contribution in [0.3, 0.4) is 0 Å². The highest BCUT2D eigenvalue weighted by Gasteiger charge is 2.42. The average Bonchev–Trinajstić information content (AvgIpc) is 2.96. The molecule has 1 aromatic rings. The first-order chi connectivity index (χ1) is 12.5. The maximum absolute atomic E-state index is 12.3. The summed E-state index contributed by atoms with van der Waals surface area (Å²) in [4.78, 5) is 16.1. The summed E-state index contributed by atoms with van der Waals surface area (Å²) in [5, 5.41) is 0.108. The van der Waals surface area contributed by atoms with E-state index < -0.39 is 20.2 Å². The number of hydrogen-bond donors (Lipinski definition) is 1. The van der Waals surface area contributed by atoms with E-state index in [1.165, 1.54) is 4.57 Å². The van der Waals surface area contributed by atoms with Gasteiger partial charge in [-0.2, -0.15) is 4.98 Å². The first kappa shape index (κ1) is 22.5. The normalized spacial score (nSPS) is 23.6. The summed E-state index contributed by atoms with van der Waals surface area (Å²) in [6, 6.07) is 0. The summed E-state index contributed by atoms with van der Waals surface area (Å²) in [5.41, 5.74) is 5.30. The fourth-order valence-electron chi connectivity index (χ4n) is 2.56. The third kappa shape index (κ3) is 5.40. The Morgan fingerprint density at radius 2 is 2.19 bits per heavy atom. The molecule has 0 saturated carbocycles. The number of hydrogen-bond acceptors (Lipinski definition) is 6. The molecule has 0 radical (unpaired) electrons. The van der Waals surface area contributed by atoms with Gasteiger partial charge in [0.15, 0.2) is 8.32 Å². The highest BCUT2D eigenvalue weighted by molar-refractivity contribution is 14.1. The average molecular weight is 507 g/mol. The number of anilines is 1. The molecule has 0 bridgehead atoms. The lowest BCUT2D eigenvalue weighted by molar-refractivity contribution is -0.0556. The Labute approximate surface area is 175 Å². The summed E-state index contributed by atoms with van der Waals surface area (Å²) < 4.78 is 20.6. The molecule has 0 aromatic carbocycles. The fraction of sp³-hybridized carbons (Fsp3) is 0.667. The van der Waals surface area contributed by atoms with Crippen molar-refractivity contribution in [2.24, 2.45) is 0 Å². The van der Waals surface area contributed by atoms with E-state index >= 15 is 0 Å². The molecule has 1 aliphatic heterocycles.